The first-order valence-electron chi connectivity index (χ1n) is 7.50. The molecule has 1 heterocycles. The van der Waals surface area contributed by atoms with E-state index in [2.05, 4.69) is 49.3 Å². The van der Waals surface area contributed by atoms with Crippen LogP contribution >= 0.6 is 0 Å². The minimum atomic E-state index is 0.153. The molecule has 3 heteroatoms. The Morgan fingerprint density at radius 1 is 1.30 bits per heavy atom. The number of aromatic amines is 1. The van der Waals surface area contributed by atoms with Crippen LogP contribution in [-0.4, -0.2) is 17.4 Å². The predicted molar refractivity (Wildman–Crippen MR) is 83.8 cm³/mol. The molecular formula is C17H24N2O. The lowest BCUT2D eigenvalue weighted by atomic mass is 10.0. The summed E-state index contributed by atoms with van der Waals surface area (Å²) in [6.07, 6.45) is 4.74. The number of aromatic nitrogens is 1. The summed E-state index contributed by atoms with van der Waals surface area (Å²) < 4.78 is 0. The first-order valence-corrected chi connectivity index (χ1v) is 7.50. The Kier molecular flexibility index (Phi) is 4.83. The fourth-order valence-electron chi connectivity index (χ4n) is 2.62. The molecule has 2 rings (SSSR count). The lowest BCUT2D eigenvalue weighted by Crippen LogP contribution is -2.31. The number of hydrogen-bond donors (Lipinski definition) is 2. The molecule has 0 radical (unpaired) electrons. The van der Waals surface area contributed by atoms with Gasteiger partial charge in [0, 0.05) is 29.6 Å². The zero-order chi connectivity index (χ0) is 14.5. The van der Waals surface area contributed by atoms with E-state index in [0.29, 0.717) is 6.54 Å². The van der Waals surface area contributed by atoms with E-state index in [1.807, 2.05) is 6.20 Å². The van der Waals surface area contributed by atoms with E-state index < -0.39 is 0 Å². The van der Waals surface area contributed by atoms with Crippen LogP contribution in [0.15, 0.2) is 24.4 Å². The number of hydrogen-bond acceptors (Lipinski definition) is 1. The summed E-state index contributed by atoms with van der Waals surface area (Å²) in [5, 5.41) is 4.31. The van der Waals surface area contributed by atoms with E-state index in [1.54, 1.807) is 0 Å². The van der Waals surface area contributed by atoms with Crippen molar-refractivity contribution in [3.63, 3.8) is 0 Å². The summed E-state index contributed by atoms with van der Waals surface area (Å²) in [5.74, 6) is 0.339. The quantitative estimate of drug-likeness (QED) is 0.829. The van der Waals surface area contributed by atoms with Gasteiger partial charge >= 0.3 is 0 Å². The van der Waals surface area contributed by atoms with Crippen molar-refractivity contribution >= 4 is 16.8 Å². The van der Waals surface area contributed by atoms with Gasteiger partial charge in [-0.05, 0) is 43.9 Å². The Labute approximate surface area is 120 Å². The van der Waals surface area contributed by atoms with Crippen molar-refractivity contribution in [1.29, 1.82) is 0 Å². The van der Waals surface area contributed by atoms with Crippen molar-refractivity contribution < 1.29 is 4.79 Å². The van der Waals surface area contributed by atoms with Gasteiger partial charge in [-0.1, -0.05) is 25.5 Å². The van der Waals surface area contributed by atoms with Gasteiger partial charge in [0.1, 0.15) is 0 Å². The topological polar surface area (TPSA) is 44.9 Å². The highest BCUT2D eigenvalue weighted by molar-refractivity contribution is 5.84. The second-order valence-electron chi connectivity index (χ2n) is 5.42. The number of carbonyl (C=O) groups excluding carboxylic acids is 1. The molecule has 3 nitrogen and oxygen atoms in total. The highest BCUT2D eigenvalue weighted by Crippen LogP contribution is 2.19. The highest BCUT2D eigenvalue weighted by atomic mass is 16.1. The molecule has 108 valence electrons. The number of fused-ring (bicyclic) bond motifs is 1. The number of amides is 1. The van der Waals surface area contributed by atoms with Crippen LogP contribution in [-0.2, 0) is 11.2 Å². The Hall–Kier alpha value is -1.77. The SMILES string of the molecule is CCC(CC)C(=O)NCCc1c[nH]c2ccc(C)cc12. The van der Waals surface area contributed by atoms with Crippen LogP contribution in [0.4, 0.5) is 0 Å². The predicted octanol–water partition coefficient (Wildman–Crippen LogP) is 3.57. The summed E-state index contributed by atoms with van der Waals surface area (Å²) in [6, 6.07) is 6.41. The Balaban J connectivity index is 1.96. The maximum atomic E-state index is 11.9. The smallest absolute Gasteiger partial charge is 0.223 e. The number of benzene rings is 1. The molecule has 0 aliphatic rings. The molecule has 0 fully saturated rings. The summed E-state index contributed by atoms with van der Waals surface area (Å²) >= 11 is 0. The van der Waals surface area contributed by atoms with Crippen molar-refractivity contribution in [2.45, 2.75) is 40.0 Å². The molecule has 2 N–H and O–H groups in total. The van der Waals surface area contributed by atoms with Gasteiger partial charge in [-0.2, -0.15) is 0 Å². The first-order chi connectivity index (χ1) is 9.65. The molecule has 1 aromatic carbocycles. The van der Waals surface area contributed by atoms with Crippen molar-refractivity contribution in [2.24, 2.45) is 5.92 Å². The molecule has 1 aromatic heterocycles. The zero-order valence-corrected chi connectivity index (χ0v) is 12.6. The first kappa shape index (κ1) is 14.6. The maximum Gasteiger partial charge on any atom is 0.223 e. The lowest BCUT2D eigenvalue weighted by Gasteiger charge is -2.12. The second kappa shape index (κ2) is 6.60. The number of carbonyl (C=O) groups is 1. The van der Waals surface area contributed by atoms with E-state index in [4.69, 9.17) is 0 Å². The molecule has 0 aliphatic heterocycles. The molecule has 2 aromatic rings. The molecule has 0 saturated carbocycles. The average molecular weight is 272 g/mol. The molecule has 1 amide bonds. The van der Waals surface area contributed by atoms with Crippen molar-refractivity contribution in [2.75, 3.05) is 6.54 Å². The Morgan fingerprint density at radius 2 is 2.05 bits per heavy atom. The molecule has 0 atom stereocenters. The van der Waals surface area contributed by atoms with Gasteiger partial charge in [-0.25, -0.2) is 0 Å². The van der Waals surface area contributed by atoms with Gasteiger partial charge in [0.15, 0.2) is 0 Å². The Bertz CT molecular complexity index is 582. The summed E-state index contributed by atoms with van der Waals surface area (Å²) in [6.45, 7) is 6.94. The average Bonchev–Trinajstić information content (AvgIpc) is 2.83. The van der Waals surface area contributed by atoms with E-state index >= 15 is 0 Å². The molecule has 0 spiro atoms. The molecule has 0 bridgehead atoms. The van der Waals surface area contributed by atoms with Crippen LogP contribution in [0.25, 0.3) is 10.9 Å². The van der Waals surface area contributed by atoms with Gasteiger partial charge in [0.05, 0.1) is 0 Å². The Morgan fingerprint density at radius 3 is 2.75 bits per heavy atom. The van der Waals surface area contributed by atoms with Gasteiger partial charge in [-0.15, -0.1) is 0 Å². The maximum absolute atomic E-state index is 11.9. The fourth-order valence-corrected chi connectivity index (χ4v) is 2.62. The highest BCUT2D eigenvalue weighted by Gasteiger charge is 2.13. The van der Waals surface area contributed by atoms with Crippen molar-refractivity contribution in [3.05, 3.63) is 35.5 Å². The molecule has 0 unspecified atom stereocenters. The summed E-state index contributed by atoms with van der Waals surface area (Å²) in [4.78, 5) is 15.2. The number of nitrogens with one attached hydrogen (secondary N) is 2. The minimum absolute atomic E-state index is 0.153. The number of aryl methyl sites for hydroxylation is 1. The largest absolute Gasteiger partial charge is 0.361 e. The van der Waals surface area contributed by atoms with E-state index in [1.165, 1.54) is 16.5 Å². The van der Waals surface area contributed by atoms with Gasteiger partial charge in [0.25, 0.3) is 0 Å². The third-order valence-corrected chi connectivity index (χ3v) is 3.97. The van der Waals surface area contributed by atoms with Crippen molar-refractivity contribution in [3.8, 4) is 0 Å². The van der Waals surface area contributed by atoms with Crippen LogP contribution in [0.2, 0.25) is 0 Å². The fraction of sp³-hybridized carbons (Fsp3) is 0.471. The number of rotatable bonds is 6. The summed E-state index contributed by atoms with van der Waals surface area (Å²) in [5.41, 5.74) is 3.70. The van der Waals surface area contributed by atoms with Gasteiger partial charge < -0.3 is 10.3 Å². The summed E-state index contributed by atoms with van der Waals surface area (Å²) in [7, 11) is 0. The van der Waals surface area contributed by atoms with Crippen LogP contribution in [0.1, 0.15) is 37.8 Å². The van der Waals surface area contributed by atoms with Crippen LogP contribution in [0.5, 0.6) is 0 Å². The van der Waals surface area contributed by atoms with Crippen LogP contribution in [0.3, 0.4) is 0 Å². The zero-order valence-electron chi connectivity index (χ0n) is 12.6. The van der Waals surface area contributed by atoms with Crippen molar-refractivity contribution in [1.82, 2.24) is 10.3 Å². The molecular weight excluding hydrogens is 248 g/mol. The number of H-pyrrole nitrogens is 1. The van der Waals surface area contributed by atoms with Gasteiger partial charge in [-0.3, -0.25) is 4.79 Å². The third-order valence-electron chi connectivity index (χ3n) is 3.97. The van der Waals surface area contributed by atoms with E-state index in [-0.39, 0.29) is 11.8 Å². The van der Waals surface area contributed by atoms with E-state index in [0.717, 1.165) is 24.8 Å². The van der Waals surface area contributed by atoms with E-state index in [9.17, 15) is 4.79 Å². The van der Waals surface area contributed by atoms with Crippen LogP contribution in [0, 0.1) is 12.8 Å². The molecule has 0 saturated heterocycles. The van der Waals surface area contributed by atoms with Gasteiger partial charge in [0.2, 0.25) is 5.91 Å². The lowest BCUT2D eigenvalue weighted by molar-refractivity contribution is -0.125. The second-order valence-corrected chi connectivity index (χ2v) is 5.42. The molecule has 20 heavy (non-hydrogen) atoms. The normalized spacial score (nSPS) is 11.2. The monoisotopic (exact) mass is 272 g/mol. The standard InChI is InChI=1S/C17H24N2O/c1-4-13(5-2)17(20)18-9-8-14-11-19-16-7-6-12(3)10-15(14)16/h6-7,10-11,13,19H,4-5,8-9H2,1-3H3,(H,18,20). The minimum Gasteiger partial charge on any atom is -0.361 e. The molecule has 0 aliphatic carbocycles. The third kappa shape index (κ3) is 3.21. The van der Waals surface area contributed by atoms with Crippen LogP contribution < -0.4 is 5.32 Å².